The van der Waals surface area contributed by atoms with E-state index in [4.69, 9.17) is 8.83 Å². The third-order valence-corrected chi connectivity index (χ3v) is 10.6. The molecule has 0 amide bonds. The zero-order chi connectivity index (χ0) is 34.9. The van der Waals surface area contributed by atoms with Gasteiger partial charge in [0.05, 0.1) is 5.69 Å². The number of hydrogen-bond acceptors (Lipinski definition) is 3. The Morgan fingerprint density at radius 3 is 1.70 bits per heavy atom. The molecule has 53 heavy (non-hydrogen) atoms. The number of furan rings is 2. The summed E-state index contributed by atoms with van der Waals surface area (Å²) in [6, 6.07) is 67.0. The summed E-state index contributed by atoms with van der Waals surface area (Å²) >= 11 is 0. The van der Waals surface area contributed by atoms with Gasteiger partial charge in [0.15, 0.2) is 0 Å². The molecule has 0 aliphatic carbocycles. The number of fused-ring (bicyclic) bond motifs is 10. The summed E-state index contributed by atoms with van der Waals surface area (Å²) in [4.78, 5) is 2.41. The van der Waals surface area contributed by atoms with Crippen molar-refractivity contribution in [2.24, 2.45) is 0 Å². The van der Waals surface area contributed by atoms with Gasteiger partial charge in [0.1, 0.15) is 22.3 Å². The molecule has 0 unspecified atom stereocenters. The zero-order valence-corrected chi connectivity index (χ0v) is 28.7. The summed E-state index contributed by atoms with van der Waals surface area (Å²) in [5.74, 6) is 0. The molecule has 0 N–H and O–H groups in total. The average molecular weight is 678 g/mol. The lowest BCUT2D eigenvalue weighted by Crippen LogP contribution is -2.11. The maximum atomic E-state index is 6.39. The fraction of sp³-hybridized carbons (Fsp3) is 0. The molecule has 3 nitrogen and oxygen atoms in total. The molecule has 11 rings (SSSR count). The van der Waals surface area contributed by atoms with Gasteiger partial charge in [0.2, 0.25) is 0 Å². The van der Waals surface area contributed by atoms with Crippen LogP contribution >= 0.6 is 0 Å². The molecule has 0 atom stereocenters. The lowest BCUT2D eigenvalue weighted by atomic mass is 9.95. The van der Waals surface area contributed by atoms with Crippen LogP contribution in [0.3, 0.4) is 0 Å². The summed E-state index contributed by atoms with van der Waals surface area (Å²) in [7, 11) is 0. The van der Waals surface area contributed by atoms with Crippen molar-refractivity contribution in [3.05, 3.63) is 188 Å². The minimum atomic E-state index is 0.872. The Morgan fingerprint density at radius 2 is 0.887 bits per heavy atom. The number of benzene rings is 9. The molecule has 3 heteroatoms. The Hall–Kier alpha value is -7.10. The van der Waals surface area contributed by atoms with Crippen molar-refractivity contribution in [1.29, 1.82) is 0 Å². The summed E-state index contributed by atoms with van der Waals surface area (Å²) < 4.78 is 12.7. The van der Waals surface area contributed by atoms with Crippen LogP contribution in [-0.2, 0) is 0 Å². The monoisotopic (exact) mass is 677 g/mol. The van der Waals surface area contributed by atoms with Gasteiger partial charge < -0.3 is 13.7 Å². The summed E-state index contributed by atoms with van der Waals surface area (Å²) in [5.41, 5.74) is 11.4. The summed E-state index contributed by atoms with van der Waals surface area (Å²) in [5, 5.41) is 9.21. The number of anilines is 3. The second-order valence-electron chi connectivity index (χ2n) is 13.7. The van der Waals surface area contributed by atoms with Crippen molar-refractivity contribution in [3.63, 3.8) is 0 Å². The smallest absolute Gasteiger partial charge is 0.136 e. The van der Waals surface area contributed by atoms with Gasteiger partial charge in [-0.1, -0.05) is 127 Å². The first kappa shape index (κ1) is 29.6. The second-order valence-corrected chi connectivity index (χ2v) is 13.7. The molecule has 0 aliphatic rings. The molecule has 2 aromatic heterocycles. The van der Waals surface area contributed by atoms with Crippen molar-refractivity contribution in [2.45, 2.75) is 0 Å². The van der Waals surface area contributed by atoms with Crippen LogP contribution in [-0.4, -0.2) is 0 Å². The largest absolute Gasteiger partial charge is 0.456 e. The van der Waals surface area contributed by atoms with Crippen LogP contribution in [0, 0.1) is 0 Å². The Bertz CT molecular complexity index is 3170. The molecule has 0 radical (unpaired) electrons. The van der Waals surface area contributed by atoms with Gasteiger partial charge in [0, 0.05) is 43.9 Å². The number of rotatable bonds is 5. The molecule has 11 aromatic rings. The van der Waals surface area contributed by atoms with E-state index in [1.54, 1.807) is 0 Å². The molecule has 0 spiro atoms. The molecular weight excluding hydrogens is 647 g/mol. The van der Waals surface area contributed by atoms with Gasteiger partial charge in [-0.15, -0.1) is 0 Å². The number of nitrogens with zero attached hydrogens (tertiary/aromatic N) is 1. The second kappa shape index (κ2) is 11.7. The number of para-hydroxylation sites is 2. The van der Waals surface area contributed by atoms with Crippen LogP contribution in [0.1, 0.15) is 0 Å². The van der Waals surface area contributed by atoms with Gasteiger partial charge in [0.25, 0.3) is 0 Å². The van der Waals surface area contributed by atoms with E-state index in [9.17, 15) is 0 Å². The van der Waals surface area contributed by atoms with E-state index in [0.29, 0.717) is 0 Å². The van der Waals surface area contributed by atoms with Gasteiger partial charge in [-0.2, -0.15) is 0 Å². The van der Waals surface area contributed by atoms with Gasteiger partial charge in [-0.05, 0) is 93.5 Å². The van der Waals surface area contributed by atoms with Crippen molar-refractivity contribution >= 4 is 82.5 Å². The summed E-state index contributed by atoms with van der Waals surface area (Å²) in [6.45, 7) is 0. The van der Waals surface area contributed by atoms with Gasteiger partial charge >= 0.3 is 0 Å². The van der Waals surface area contributed by atoms with Crippen LogP contribution in [0.15, 0.2) is 197 Å². The highest BCUT2D eigenvalue weighted by atomic mass is 16.3. The van der Waals surface area contributed by atoms with E-state index in [1.807, 2.05) is 18.2 Å². The van der Waals surface area contributed by atoms with Gasteiger partial charge in [-0.3, -0.25) is 0 Å². The van der Waals surface area contributed by atoms with Crippen LogP contribution in [0.2, 0.25) is 0 Å². The van der Waals surface area contributed by atoms with E-state index in [-0.39, 0.29) is 0 Å². The van der Waals surface area contributed by atoms with Crippen LogP contribution in [0.5, 0.6) is 0 Å². The SMILES string of the molecule is c1ccc(-c2ccc(N(c3ccc4oc5ccccc5c4c3)c3ccc4ccc5ccc6oc7ccccc7c6c5c4c3)c(-c3ccccc3)c2)cc1. The Labute approximate surface area is 305 Å². The van der Waals surface area contributed by atoms with E-state index >= 15 is 0 Å². The van der Waals surface area contributed by atoms with Crippen LogP contribution < -0.4 is 4.90 Å². The van der Waals surface area contributed by atoms with Crippen molar-refractivity contribution in [1.82, 2.24) is 0 Å². The Balaban J connectivity index is 1.22. The highest BCUT2D eigenvalue weighted by molar-refractivity contribution is 6.27. The Morgan fingerprint density at radius 1 is 0.321 bits per heavy atom. The first-order valence-electron chi connectivity index (χ1n) is 18.0. The standard InChI is InChI=1S/C50H31NO2/c1-3-11-32(12-4-1)36-22-26-44(41(29-36)33-13-5-2-6-14-33)51(38-25-28-47-43(31-38)39-15-7-9-17-45(39)52-47)37-24-21-34-19-20-35-23-27-48-50(49(35)42(34)30-37)40-16-8-10-18-46(40)53-48/h1-31H. The highest BCUT2D eigenvalue weighted by Crippen LogP contribution is 2.46. The minimum Gasteiger partial charge on any atom is -0.456 e. The van der Waals surface area contributed by atoms with E-state index in [2.05, 4.69) is 175 Å². The molecule has 0 aliphatic heterocycles. The average Bonchev–Trinajstić information content (AvgIpc) is 3.80. The molecule has 9 aromatic carbocycles. The summed E-state index contributed by atoms with van der Waals surface area (Å²) in [6.07, 6.45) is 0. The minimum absolute atomic E-state index is 0.872. The molecule has 248 valence electrons. The quantitative estimate of drug-likeness (QED) is 0.170. The molecule has 0 bridgehead atoms. The van der Waals surface area contributed by atoms with Gasteiger partial charge in [-0.25, -0.2) is 0 Å². The van der Waals surface area contributed by atoms with Crippen molar-refractivity contribution in [2.75, 3.05) is 4.90 Å². The third kappa shape index (κ3) is 4.75. The normalized spacial score (nSPS) is 11.8. The fourth-order valence-electron chi connectivity index (χ4n) is 8.16. The molecule has 0 saturated carbocycles. The zero-order valence-electron chi connectivity index (χ0n) is 28.7. The fourth-order valence-corrected chi connectivity index (χ4v) is 8.16. The predicted octanol–water partition coefficient (Wildman–Crippen LogP) is 14.6. The van der Waals surface area contributed by atoms with Crippen molar-refractivity contribution < 1.29 is 8.83 Å². The van der Waals surface area contributed by atoms with Crippen molar-refractivity contribution in [3.8, 4) is 22.3 Å². The molecule has 0 saturated heterocycles. The maximum absolute atomic E-state index is 6.39. The first-order valence-corrected chi connectivity index (χ1v) is 18.0. The Kier molecular flexibility index (Phi) is 6.55. The molecular formula is C50H31NO2. The van der Waals surface area contributed by atoms with Crippen LogP contribution in [0.4, 0.5) is 17.1 Å². The van der Waals surface area contributed by atoms with E-state index in [1.165, 1.54) is 32.7 Å². The number of hydrogen-bond donors (Lipinski definition) is 0. The molecule has 2 heterocycles. The maximum Gasteiger partial charge on any atom is 0.136 e. The predicted molar refractivity (Wildman–Crippen MR) is 222 cm³/mol. The van der Waals surface area contributed by atoms with Crippen LogP contribution in [0.25, 0.3) is 87.7 Å². The van der Waals surface area contributed by atoms with E-state index < -0.39 is 0 Å². The topological polar surface area (TPSA) is 29.5 Å². The van der Waals surface area contributed by atoms with E-state index in [0.717, 1.165) is 72.1 Å². The third-order valence-electron chi connectivity index (χ3n) is 10.6. The lowest BCUT2D eigenvalue weighted by Gasteiger charge is -2.29. The lowest BCUT2D eigenvalue weighted by molar-refractivity contribution is 0.668. The highest BCUT2D eigenvalue weighted by Gasteiger charge is 2.21. The molecule has 0 fully saturated rings. The first-order chi connectivity index (χ1) is 26.3.